The fraction of sp³-hybridized carbons (Fsp3) is 0.500. The summed E-state index contributed by atoms with van der Waals surface area (Å²) in [5.74, 6) is 0.0406. The zero-order valence-corrected chi connectivity index (χ0v) is 11.5. The van der Waals surface area contributed by atoms with Crippen LogP contribution in [0, 0.1) is 13.8 Å². The predicted molar refractivity (Wildman–Crippen MR) is 71.7 cm³/mol. The van der Waals surface area contributed by atoms with Crippen molar-refractivity contribution in [3.8, 4) is 0 Å². The molecule has 0 aliphatic rings. The Kier molecular flexibility index (Phi) is 4.16. The van der Waals surface area contributed by atoms with Crippen LogP contribution >= 0.6 is 0 Å². The Morgan fingerprint density at radius 1 is 1.41 bits per heavy atom. The third kappa shape index (κ3) is 2.43. The lowest BCUT2D eigenvalue weighted by Gasteiger charge is -2.21. The first kappa shape index (κ1) is 13.6. The SMILES string of the molecule is C=C(c1cc(C)n(CC)c1C)N(CC)C(C)=O. The van der Waals surface area contributed by atoms with Crippen molar-refractivity contribution in [2.75, 3.05) is 6.54 Å². The van der Waals surface area contributed by atoms with Crippen molar-refractivity contribution in [2.24, 2.45) is 0 Å². The summed E-state index contributed by atoms with van der Waals surface area (Å²) < 4.78 is 2.23. The molecule has 0 saturated carbocycles. The summed E-state index contributed by atoms with van der Waals surface area (Å²) in [5.41, 5.74) is 4.25. The number of hydrogen-bond donors (Lipinski definition) is 0. The van der Waals surface area contributed by atoms with Crippen LogP contribution in [0.5, 0.6) is 0 Å². The molecule has 0 unspecified atom stereocenters. The molecule has 0 N–H and O–H groups in total. The molecule has 0 aliphatic carbocycles. The molecule has 1 amide bonds. The molecule has 0 atom stereocenters. The van der Waals surface area contributed by atoms with E-state index in [4.69, 9.17) is 0 Å². The van der Waals surface area contributed by atoms with Crippen LogP contribution in [0.25, 0.3) is 5.70 Å². The fourth-order valence-electron chi connectivity index (χ4n) is 2.33. The molecule has 3 heteroatoms. The normalized spacial score (nSPS) is 10.4. The van der Waals surface area contributed by atoms with Gasteiger partial charge in [-0.15, -0.1) is 0 Å². The second-order valence-corrected chi connectivity index (χ2v) is 4.24. The smallest absolute Gasteiger partial charge is 0.223 e. The van der Waals surface area contributed by atoms with Crippen molar-refractivity contribution < 1.29 is 4.79 Å². The Labute approximate surface area is 104 Å². The van der Waals surface area contributed by atoms with Crippen LogP contribution in [-0.4, -0.2) is 21.9 Å². The Hall–Kier alpha value is -1.51. The highest BCUT2D eigenvalue weighted by atomic mass is 16.2. The Bertz CT molecular complexity index is 443. The van der Waals surface area contributed by atoms with E-state index < -0.39 is 0 Å². The minimum absolute atomic E-state index is 0.0406. The maximum absolute atomic E-state index is 11.5. The average molecular weight is 234 g/mol. The van der Waals surface area contributed by atoms with Gasteiger partial charge < -0.3 is 9.47 Å². The molecule has 0 spiro atoms. The van der Waals surface area contributed by atoms with E-state index in [-0.39, 0.29) is 5.91 Å². The lowest BCUT2D eigenvalue weighted by molar-refractivity contribution is -0.125. The van der Waals surface area contributed by atoms with Gasteiger partial charge in [-0.3, -0.25) is 4.79 Å². The van der Waals surface area contributed by atoms with Gasteiger partial charge in [0.1, 0.15) is 0 Å². The van der Waals surface area contributed by atoms with Crippen LogP contribution in [0.2, 0.25) is 0 Å². The third-order valence-corrected chi connectivity index (χ3v) is 3.22. The Balaban J connectivity index is 3.17. The van der Waals surface area contributed by atoms with Gasteiger partial charge in [-0.25, -0.2) is 0 Å². The van der Waals surface area contributed by atoms with E-state index in [2.05, 4.69) is 38.0 Å². The maximum Gasteiger partial charge on any atom is 0.223 e. The summed E-state index contributed by atoms with van der Waals surface area (Å²) in [7, 11) is 0. The van der Waals surface area contributed by atoms with Gasteiger partial charge >= 0.3 is 0 Å². The average Bonchev–Trinajstić information content (AvgIpc) is 2.54. The molecular weight excluding hydrogens is 212 g/mol. The summed E-state index contributed by atoms with van der Waals surface area (Å²) in [4.78, 5) is 13.2. The monoisotopic (exact) mass is 234 g/mol. The van der Waals surface area contributed by atoms with Crippen LogP contribution in [0.3, 0.4) is 0 Å². The van der Waals surface area contributed by atoms with E-state index in [1.54, 1.807) is 11.8 Å². The number of nitrogens with zero attached hydrogens (tertiary/aromatic N) is 2. The van der Waals surface area contributed by atoms with Gasteiger partial charge in [-0.1, -0.05) is 6.58 Å². The van der Waals surface area contributed by atoms with Crippen LogP contribution in [0.15, 0.2) is 12.6 Å². The van der Waals surface area contributed by atoms with Crippen molar-refractivity contribution in [3.05, 3.63) is 29.6 Å². The first-order valence-corrected chi connectivity index (χ1v) is 6.08. The number of rotatable bonds is 4. The molecule has 0 aliphatic heterocycles. The lowest BCUT2D eigenvalue weighted by Crippen LogP contribution is -2.26. The zero-order chi connectivity index (χ0) is 13.2. The Morgan fingerprint density at radius 2 is 2.00 bits per heavy atom. The highest BCUT2D eigenvalue weighted by Crippen LogP contribution is 2.24. The highest BCUT2D eigenvalue weighted by molar-refractivity contribution is 5.85. The largest absolute Gasteiger partial charge is 0.349 e. The summed E-state index contributed by atoms with van der Waals surface area (Å²) in [6.07, 6.45) is 0. The van der Waals surface area contributed by atoms with Crippen molar-refractivity contribution in [2.45, 2.75) is 41.2 Å². The van der Waals surface area contributed by atoms with Crippen molar-refractivity contribution in [1.29, 1.82) is 0 Å². The molecule has 1 rings (SSSR count). The summed E-state index contributed by atoms with van der Waals surface area (Å²) in [6, 6.07) is 2.10. The summed E-state index contributed by atoms with van der Waals surface area (Å²) >= 11 is 0. The second-order valence-electron chi connectivity index (χ2n) is 4.24. The van der Waals surface area contributed by atoms with Gasteiger partial charge in [0.05, 0.1) is 0 Å². The summed E-state index contributed by atoms with van der Waals surface area (Å²) in [6.45, 7) is 15.5. The van der Waals surface area contributed by atoms with Gasteiger partial charge in [0.15, 0.2) is 0 Å². The van der Waals surface area contributed by atoms with E-state index >= 15 is 0 Å². The van der Waals surface area contributed by atoms with Crippen LogP contribution < -0.4 is 0 Å². The van der Waals surface area contributed by atoms with E-state index in [0.717, 1.165) is 17.8 Å². The predicted octanol–water partition coefficient (Wildman–Crippen LogP) is 2.96. The molecule has 0 bridgehead atoms. The number of amides is 1. The fourth-order valence-corrected chi connectivity index (χ4v) is 2.33. The quantitative estimate of drug-likeness (QED) is 0.786. The third-order valence-electron chi connectivity index (χ3n) is 3.22. The maximum atomic E-state index is 11.5. The molecule has 0 radical (unpaired) electrons. The van der Waals surface area contributed by atoms with Crippen molar-refractivity contribution in [1.82, 2.24) is 9.47 Å². The molecular formula is C14H22N2O. The molecule has 1 heterocycles. The number of aromatic nitrogens is 1. The minimum Gasteiger partial charge on any atom is -0.349 e. The highest BCUT2D eigenvalue weighted by Gasteiger charge is 2.17. The molecule has 1 aromatic rings. The van der Waals surface area contributed by atoms with E-state index in [9.17, 15) is 4.79 Å². The number of aryl methyl sites for hydroxylation is 1. The molecule has 3 nitrogen and oxygen atoms in total. The van der Waals surface area contributed by atoms with Crippen LogP contribution in [0.1, 0.15) is 37.7 Å². The molecule has 0 fully saturated rings. The Morgan fingerprint density at radius 3 is 2.35 bits per heavy atom. The molecule has 17 heavy (non-hydrogen) atoms. The molecule has 0 saturated heterocycles. The van der Waals surface area contributed by atoms with E-state index in [1.807, 2.05) is 6.92 Å². The van der Waals surface area contributed by atoms with E-state index in [0.29, 0.717) is 6.54 Å². The minimum atomic E-state index is 0.0406. The van der Waals surface area contributed by atoms with Gasteiger partial charge in [0.25, 0.3) is 0 Å². The number of carbonyl (C=O) groups excluding carboxylic acids is 1. The van der Waals surface area contributed by atoms with Gasteiger partial charge in [-0.05, 0) is 33.8 Å². The first-order valence-electron chi connectivity index (χ1n) is 6.08. The van der Waals surface area contributed by atoms with Crippen molar-refractivity contribution in [3.63, 3.8) is 0 Å². The van der Waals surface area contributed by atoms with Crippen LogP contribution in [-0.2, 0) is 11.3 Å². The standard InChI is InChI=1S/C14H22N2O/c1-7-15-10(3)9-14(11(15)4)12(5)16(8-2)13(6)17/h9H,5,7-8H2,1-4,6H3. The topological polar surface area (TPSA) is 25.2 Å². The van der Waals surface area contributed by atoms with Gasteiger partial charge in [0, 0.05) is 42.7 Å². The molecule has 94 valence electrons. The van der Waals surface area contributed by atoms with Gasteiger partial charge in [0.2, 0.25) is 5.91 Å². The van der Waals surface area contributed by atoms with E-state index in [1.165, 1.54) is 11.4 Å². The molecule has 1 aromatic heterocycles. The first-order chi connectivity index (χ1) is 7.93. The number of carbonyl (C=O) groups is 1. The second kappa shape index (κ2) is 5.21. The van der Waals surface area contributed by atoms with Crippen molar-refractivity contribution >= 4 is 11.6 Å². The lowest BCUT2D eigenvalue weighted by atomic mass is 10.1. The summed E-state index contributed by atoms with van der Waals surface area (Å²) in [5, 5.41) is 0. The number of hydrogen-bond acceptors (Lipinski definition) is 1. The van der Waals surface area contributed by atoms with Gasteiger partial charge in [-0.2, -0.15) is 0 Å². The molecule has 0 aromatic carbocycles. The van der Waals surface area contributed by atoms with Crippen LogP contribution in [0.4, 0.5) is 0 Å². The zero-order valence-electron chi connectivity index (χ0n) is 11.5.